The number of aromatic nitrogens is 2. The molecule has 8 heteroatoms. The van der Waals surface area contributed by atoms with E-state index in [4.69, 9.17) is 0 Å². The van der Waals surface area contributed by atoms with E-state index in [0.717, 1.165) is 5.69 Å². The summed E-state index contributed by atoms with van der Waals surface area (Å²) in [5, 5.41) is 30.8. The van der Waals surface area contributed by atoms with Gasteiger partial charge in [0.15, 0.2) is 21.6 Å². The van der Waals surface area contributed by atoms with Gasteiger partial charge in [-0.3, -0.25) is 4.79 Å². The third-order valence-electron chi connectivity index (χ3n) is 3.86. The Morgan fingerprint density at radius 2 is 1.85 bits per heavy atom. The molecule has 1 heterocycles. The van der Waals surface area contributed by atoms with Crippen LogP contribution in [0, 0.1) is 0 Å². The van der Waals surface area contributed by atoms with Gasteiger partial charge in [-0.05, 0) is 41.8 Å². The SMILES string of the molecule is CC(C)c1ccc(Nc2nnc(SCC(=O)c3ccc(O)c(O)c3)s2)cc1. The van der Waals surface area contributed by atoms with Gasteiger partial charge < -0.3 is 15.5 Å². The van der Waals surface area contributed by atoms with E-state index in [0.29, 0.717) is 21.0 Å². The molecule has 0 radical (unpaired) electrons. The van der Waals surface area contributed by atoms with Crippen LogP contribution >= 0.6 is 23.1 Å². The molecule has 0 aliphatic carbocycles. The molecule has 3 N–H and O–H groups in total. The van der Waals surface area contributed by atoms with E-state index in [1.165, 1.54) is 46.9 Å². The second-order valence-corrected chi connectivity index (χ2v) is 8.39. The highest BCUT2D eigenvalue weighted by Gasteiger charge is 2.12. The molecular weight excluding hydrogens is 382 g/mol. The summed E-state index contributed by atoms with van der Waals surface area (Å²) in [6, 6.07) is 12.2. The molecule has 0 spiro atoms. The van der Waals surface area contributed by atoms with Gasteiger partial charge in [0.05, 0.1) is 5.75 Å². The molecule has 0 bridgehead atoms. The minimum atomic E-state index is -0.309. The predicted molar refractivity (Wildman–Crippen MR) is 109 cm³/mol. The fourth-order valence-electron chi connectivity index (χ4n) is 2.30. The Hall–Kier alpha value is -2.58. The number of anilines is 2. The maximum absolute atomic E-state index is 12.2. The fourth-order valence-corrected chi connectivity index (χ4v) is 3.97. The van der Waals surface area contributed by atoms with Gasteiger partial charge >= 0.3 is 0 Å². The third-order valence-corrected chi connectivity index (χ3v) is 5.83. The van der Waals surface area contributed by atoms with Gasteiger partial charge in [0.2, 0.25) is 5.13 Å². The van der Waals surface area contributed by atoms with Gasteiger partial charge in [0, 0.05) is 11.3 Å². The van der Waals surface area contributed by atoms with Crippen molar-refractivity contribution in [3.05, 3.63) is 53.6 Å². The van der Waals surface area contributed by atoms with Gasteiger partial charge in [-0.15, -0.1) is 10.2 Å². The molecule has 0 saturated heterocycles. The Kier molecular flexibility index (Phi) is 5.98. The maximum atomic E-state index is 12.2. The number of carbonyl (C=O) groups excluding carboxylic acids is 1. The van der Waals surface area contributed by atoms with Crippen molar-refractivity contribution in [2.24, 2.45) is 0 Å². The molecule has 6 nitrogen and oxygen atoms in total. The first-order valence-corrected chi connectivity index (χ1v) is 10.1. The number of hydrogen-bond donors (Lipinski definition) is 3. The highest BCUT2D eigenvalue weighted by atomic mass is 32.2. The molecule has 3 rings (SSSR count). The molecule has 3 aromatic rings. The normalized spacial score (nSPS) is 10.9. The van der Waals surface area contributed by atoms with Crippen molar-refractivity contribution in [3.63, 3.8) is 0 Å². The molecule has 0 aliphatic heterocycles. The van der Waals surface area contributed by atoms with Gasteiger partial charge in [0.1, 0.15) is 0 Å². The maximum Gasteiger partial charge on any atom is 0.210 e. The van der Waals surface area contributed by atoms with Crippen molar-refractivity contribution < 1.29 is 15.0 Å². The van der Waals surface area contributed by atoms with Crippen LogP contribution in [0.3, 0.4) is 0 Å². The minimum Gasteiger partial charge on any atom is -0.504 e. The number of thioether (sulfide) groups is 1. The standard InChI is InChI=1S/C19H19N3O3S2/c1-11(2)12-3-6-14(7-4-12)20-18-21-22-19(27-18)26-10-17(25)13-5-8-15(23)16(24)9-13/h3-9,11,23-24H,10H2,1-2H3,(H,20,21). The number of aromatic hydroxyl groups is 2. The van der Waals surface area contributed by atoms with Crippen molar-refractivity contribution in [2.75, 3.05) is 11.1 Å². The Bertz CT molecular complexity index is 940. The van der Waals surface area contributed by atoms with Crippen LogP contribution < -0.4 is 5.32 Å². The number of nitrogens with zero attached hydrogens (tertiary/aromatic N) is 2. The van der Waals surface area contributed by atoms with E-state index in [1.54, 1.807) is 0 Å². The number of hydrogen-bond acceptors (Lipinski definition) is 8. The van der Waals surface area contributed by atoms with Gasteiger partial charge in [-0.1, -0.05) is 49.1 Å². The lowest BCUT2D eigenvalue weighted by Gasteiger charge is -2.06. The Morgan fingerprint density at radius 3 is 2.52 bits per heavy atom. The van der Waals surface area contributed by atoms with Crippen molar-refractivity contribution in [2.45, 2.75) is 24.1 Å². The molecule has 0 unspecified atom stereocenters. The number of carbonyl (C=O) groups is 1. The lowest BCUT2D eigenvalue weighted by molar-refractivity contribution is 0.102. The molecule has 0 aliphatic rings. The Morgan fingerprint density at radius 1 is 1.11 bits per heavy atom. The smallest absolute Gasteiger partial charge is 0.210 e. The van der Waals surface area contributed by atoms with Crippen molar-refractivity contribution in [3.8, 4) is 11.5 Å². The van der Waals surface area contributed by atoms with Crippen LogP contribution in [-0.2, 0) is 0 Å². The molecule has 0 amide bonds. The average Bonchev–Trinajstić information content (AvgIpc) is 3.10. The summed E-state index contributed by atoms with van der Waals surface area (Å²) in [7, 11) is 0. The van der Waals surface area contributed by atoms with Crippen molar-refractivity contribution >= 4 is 39.7 Å². The molecule has 27 heavy (non-hydrogen) atoms. The molecule has 0 atom stereocenters. The molecule has 1 aromatic heterocycles. The van der Waals surface area contributed by atoms with E-state index >= 15 is 0 Å². The number of nitrogens with one attached hydrogen (secondary N) is 1. The summed E-state index contributed by atoms with van der Waals surface area (Å²) in [5.74, 6) is -0.0693. The summed E-state index contributed by atoms with van der Waals surface area (Å²) < 4.78 is 0.674. The zero-order valence-corrected chi connectivity index (χ0v) is 16.5. The number of Topliss-reactive ketones (excluding diaryl/α,β-unsaturated/α-hetero) is 1. The zero-order valence-electron chi connectivity index (χ0n) is 14.8. The largest absolute Gasteiger partial charge is 0.504 e. The first kappa shape index (κ1) is 19.2. The summed E-state index contributed by atoms with van der Waals surface area (Å²) in [4.78, 5) is 12.2. The van der Waals surface area contributed by atoms with E-state index in [-0.39, 0.29) is 23.0 Å². The highest BCUT2D eigenvalue weighted by Crippen LogP contribution is 2.30. The lowest BCUT2D eigenvalue weighted by atomic mass is 10.0. The minimum absolute atomic E-state index is 0.163. The predicted octanol–water partition coefficient (Wildman–Crippen LogP) is 4.79. The lowest BCUT2D eigenvalue weighted by Crippen LogP contribution is -2.01. The van der Waals surface area contributed by atoms with Crippen molar-refractivity contribution in [1.82, 2.24) is 10.2 Å². The molecule has 140 valence electrons. The molecule has 0 saturated carbocycles. The van der Waals surface area contributed by atoms with E-state index in [2.05, 4.69) is 41.5 Å². The van der Waals surface area contributed by atoms with E-state index in [1.807, 2.05) is 12.1 Å². The highest BCUT2D eigenvalue weighted by molar-refractivity contribution is 8.01. The zero-order chi connectivity index (χ0) is 19.4. The number of phenols is 2. The molecular formula is C19H19N3O3S2. The number of benzene rings is 2. The first-order valence-electron chi connectivity index (χ1n) is 8.31. The second-order valence-electron chi connectivity index (χ2n) is 6.19. The summed E-state index contributed by atoms with van der Waals surface area (Å²) in [6.07, 6.45) is 0. The Labute approximate surface area is 165 Å². The van der Waals surface area contributed by atoms with Crippen LogP contribution in [0.15, 0.2) is 46.8 Å². The van der Waals surface area contributed by atoms with E-state index < -0.39 is 0 Å². The summed E-state index contributed by atoms with van der Waals surface area (Å²) in [5.41, 5.74) is 2.54. The monoisotopic (exact) mass is 401 g/mol. The van der Waals surface area contributed by atoms with Crippen LogP contribution in [-0.4, -0.2) is 31.9 Å². The van der Waals surface area contributed by atoms with Crippen LogP contribution in [0.4, 0.5) is 10.8 Å². The fraction of sp³-hybridized carbons (Fsp3) is 0.211. The van der Waals surface area contributed by atoms with Crippen LogP contribution in [0.2, 0.25) is 0 Å². The van der Waals surface area contributed by atoms with Gasteiger partial charge in [-0.2, -0.15) is 0 Å². The number of ketones is 1. The summed E-state index contributed by atoms with van der Waals surface area (Å²) in [6.45, 7) is 4.30. The average molecular weight is 402 g/mol. The van der Waals surface area contributed by atoms with Crippen LogP contribution in [0.5, 0.6) is 11.5 Å². The Balaban J connectivity index is 1.57. The topological polar surface area (TPSA) is 95.3 Å². The van der Waals surface area contributed by atoms with E-state index in [9.17, 15) is 15.0 Å². The quantitative estimate of drug-likeness (QED) is 0.297. The third kappa shape index (κ3) is 4.99. The summed E-state index contributed by atoms with van der Waals surface area (Å²) >= 11 is 2.65. The van der Waals surface area contributed by atoms with Crippen LogP contribution in [0.25, 0.3) is 0 Å². The van der Waals surface area contributed by atoms with Gasteiger partial charge in [-0.25, -0.2) is 0 Å². The first-order chi connectivity index (χ1) is 12.9. The van der Waals surface area contributed by atoms with Gasteiger partial charge in [0.25, 0.3) is 0 Å². The molecule has 2 aromatic carbocycles. The molecule has 0 fully saturated rings. The number of phenolic OH excluding ortho intramolecular Hbond substituents is 2. The number of rotatable bonds is 7. The van der Waals surface area contributed by atoms with Crippen molar-refractivity contribution in [1.29, 1.82) is 0 Å². The second kappa shape index (κ2) is 8.41. The van der Waals surface area contributed by atoms with Crippen LogP contribution in [0.1, 0.15) is 35.7 Å².